The third-order valence-corrected chi connectivity index (χ3v) is 3.33. The smallest absolute Gasteiger partial charge is 0.410 e. The fourth-order valence-corrected chi connectivity index (χ4v) is 2.28. The highest BCUT2D eigenvalue weighted by Gasteiger charge is 2.25. The zero-order valence-electron chi connectivity index (χ0n) is 14.0. The number of amides is 1. The predicted molar refractivity (Wildman–Crippen MR) is 84.3 cm³/mol. The van der Waals surface area contributed by atoms with E-state index in [4.69, 9.17) is 9.47 Å². The summed E-state index contributed by atoms with van der Waals surface area (Å²) in [5.41, 5.74) is 1.14. The molecule has 1 aromatic carbocycles. The number of carbonyl (C=O) groups excluding carboxylic acids is 2. The summed E-state index contributed by atoms with van der Waals surface area (Å²) in [5, 5.41) is 0. The molecule has 0 aromatic heterocycles. The Balaban J connectivity index is 2.16. The average molecular weight is 321 g/mol. The minimum absolute atomic E-state index is 0.191. The van der Waals surface area contributed by atoms with Crippen molar-refractivity contribution in [3.05, 3.63) is 29.3 Å². The highest BCUT2D eigenvalue weighted by Crippen LogP contribution is 2.25. The van der Waals surface area contributed by atoms with Crippen LogP contribution in [0.4, 0.5) is 4.79 Å². The largest absolute Gasteiger partial charge is 0.491 e. The quantitative estimate of drug-likeness (QED) is 0.783. The van der Waals surface area contributed by atoms with Gasteiger partial charge in [0, 0.05) is 5.56 Å². The van der Waals surface area contributed by atoms with Crippen molar-refractivity contribution < 1.29 is 23.8 Å². The summed E-state index contributed by atoms with van der Waals surface area (Å²) in [6, 6.07) is 5.53. The Kier molecular flexibility index (Phi) is 5.13. The molecule has 0 aliphatic carbocycles. The summed E-state index contributed by atoms with van der Waals surface area (Å²) in [5.74, 6) is 0.424. The third-order valence-electron chi connectivity index (χ3n) is 3.33. The minimum atomic E-state index is -0.542. The average Bonchev–Trinajstić information content (AvgIpc) is 2.67. The van der Waals surface area contributed by atoms with E-state index in [9.17, 15) is 9.59 Å². The molecular weight excluding hydrogens is 298 g/mol. The number of rotatable bonds is 2. The fraction of sp³-hybridized carbons (Fsp3) is 0.529. The van der Waals surface area contributed by atoms with Crippen LogP contribution in [0.1, 0.15) is 31.9 Å². The number of fused-ring (bicyclic) bond motifs is 1. The molecule has 0 saturated carbocycles. The second kappa shape index (κ2) is 6.89. The molecule has 126 valence electrons. The van der Waals surface area contributed by atoms with Gasteiger partial charge in [-0.15, -0.1) is 0 Å². The minimum Gasteiger partial charge on any atom is -0.491 e. The Morgan fingerprint density at radius 2 is 2.04 bits per heavy atom. The number of ether oxygens (including phenoxy) is 3. The molecule has 0 unspecified atom stereocenters. The first-order chi connectivity index (χ1) is 10.8. The van der Waals surface area contributed by atoms with Crippen molar-refractivity contribution >= 4 is 12.1 Å². The first kappa shape index (κ1) is 17.1. The lowest BCUT2D eigenvalue weighted by molar-refractivity contribution is -0.139. The summed E-state index contributed by atoms with van der Waals surface area (Å²) in [6.07, 6.45) is -0.178. The molecule has 6 heteroatoms. The van der Waals surface area contributed by atoms with Gasteiger partial charge in [0.15, 0.2) is 0 Å². The van der Waals surface area contributed by atoms with Gasteiger partial charge in [0.2, 0.25) is 0 Å². The zero-order valence-corrected chi connectivity index (χ0v) is 14.0. The summed E-state index contributed by atoms with van der Waals surface area (Å²) >= 11 is 0. The molecule has 0 radical (unpaired) electrons. The van der Waals surface area contributed by atoms with Crippen LogP contribution in [0.5, 0.6) is 5.75 Å². The SMILES string of the molecule is COC(=O)Cc1ccc2c(c1)CN(C(=O)OC(C)(C)C)CCO2. The van der Waals surface area contributed by atoms with Gasteiger partial charge in [-0.3, -0.25) is 4.79 Å². The lowest BCUT2D eigenvalue weighted by atomic mass is 10.1. The summed E-state index contributed by atoms with van der Waals surface area (Å²) < 4.78 is 15.8. The number of nitrogens with zero attached hydrogens (tertiary/aromatic N) is 1. The van der Waals surface area contributed by atoms with E-state index in [0.717, 1.165) is 16.9 Å². The normalized spacial score (nSPS) is 14.3. The number of benzene rings is 1. The third kappa shape index (κ3) is 4.87. The van der Waals surface area contributed by atoms with E-state index in [1.807, 2.05) is 39.0 Å². The number of carbonyl (C=O) groups is 2. The molecule has 0 fully saturated rings. The van der Waals surface area contributed by atoms with Gasteiger partial charge in [0.25, 0.3) is 0 Å². The maximum absolute atomic E-state index is 12.3. The molecule has 1 aromatic rings. The summed E-state index contributed by atoms with van der Waals surface area (Å²) in [6.45, 7) is 6.75. The molecule has 1 heterocycles. The van der Waals surface area contributed by atoms with Crippen LogP contribution in [0.3, 0.4) is 0 Å². The van der Waals surface area contributed by atoms with Crippen molar-refractivity contribution in [2.45, 2.75) is 39.3 Å². The molecule has 2 rings (SSSR count). The Labute approximate surface area is 136 Å². The Morgan fingerprint density at radius 3 is 2.70 bits per heavy atom. The molecule has 0 N–H and O–H groups in total. The second-order valence-corrected chi connectivity index (χ2v) is 6.45. The Morgan fingerprint density at radius 1 is 1.30 bits per heavy atom. The Hall–Kier alpha value is -2.24. The van der Waals surface area contributed by atoms with Crippen LogP contribution in [0.15, 0.2) is 18.2 Å². The van der Waals surface area contributed by atoms with Gasteiger partial charge in [-0.1, -0.05) is 6.07 Å². The van der Waals surface area contributed by atoms with Crippen molar-refractivity contribution in [2.24, 2.45) is 0 Å². The number of methoxy groups -OCH3 is 1. The van der Waals surface area contributed by atoms with Gasteiger partial charge in [0.05, 0.1) is 26.6 Å². The second-order valence-electron chi connectivity index (χ2n) is 6.45. The van der Waals surface area contributed by atoms with E-state index < -0.39 is 5.60 Å². The monoisotopic (exact) mass is 321 g/mol. The lowest BCUT2D eigenvalue weighted by Crippen LogP contribution is -2.37. The van der Waals surface area contributed by atoms with Crippen LogP contribution in [0.2, 0.25) is 0 Å². The highest BCUT2D eigenvalue weighted by atomic mass is 16.6. The Bertz CT molecular complexity index is 591. The molecular formula is C17H23NO5. The van der Waals surface area contributed by atoms with Gasteiger partial charge >= 0.3 is 12.1 Å². The van der Waals surface area contributed by atoms with Crippen LogP contribution in [0, 0.1) is 0 Å². The molecule has 23 heavy (non-hydrogen) atoms. The van der Waals surface area contributed by atoms with Crippen molar-refractivity contribution in [2.75, 3.05) is 20.3 Å². The molecule has 1 aliphatic rings. The van der Waals surface area contributed by atoms with Crippen LogP contribution in [-0.4, -0.2) is 42.8 Å². The highest BCUT2D eigenvalue weighted by molar-refractivity contribution is 5.72. The van der Waals surface area contributed by atoms with E-state index in [-0.39, 0.29) is 18.5 Å². The standard InChI is InChI=1S/C17H23NO5/c1-17(2,3)23-16(20)18-7-8-22-14-6-5-12(9-13(14)11-18)10-15(19)21-4/h5-6,9H,7-8,10-11H2,1-4H3. The first-order valence-corrected chi connectivity index (χ1v) is 7.58. The molecule has 1 aliphatic heterocycles. The summed E-state index contributed by atoms with van der Waals surface area (Å²) in [7, 11) is 1.36. The molecule has 0 spiro atoms. The lowest BCUT2D eigenvalue weighted by Gasteiger charge is -2.26. The van der Waals surface area contributed by atoms with Crippen LogP contribution in [-0.2, 0) is 27.2 Å². The van der Waals surface area contributed by atoms with Crippen molar-refractivity contribution in [3.63, 3.8) is 0 Å². The van der Waals surface area contributed by atoms with Crippen molar-refractivity contribution in [1.29, 1.82) is 0 Å². The molecule has 0 atom stereocenters. The first-order valence-electron chi connectivity index (χ1n) is 7.58. The van der Waals surface area contributed by atoms with Gasteiger partial charge in [0.1, 0.15) is 18.0 Å². The maximum atomic E-state index is 12.3. The number of esters is 1. The van der Waals surface area contributed by atoms with Gasteiger partial charge in [-0.2, -0.15) is 0 Å². The molecule has 1 amide bonds. The van der Waals surface area contributed by atoms with Crippen LogP contribution < -0.4 is 4.74 Å². The predicted octanol–water partition coefficient (Wildman–Crippen LogP) is 2.53. The van der Waals surface area contributed by atoms with Crippen LogP contribution >= 0.6 is 0 Å². The van der Waals surface area contributed by atoms with E-state index in [0.29, 0.717) is 19.7 Å². The van der Waals surface area contributed by atoms with Crippen molar-refractivity contribution in [3.8, 4) is 5.75 Å². The maximum Gasteiger partial charge on any atom is 0.410 e. The topological polar surface area (TPSA) is 65.1 Å². The van der Waals surface area contributed by atoms with Gasteiger partial charge in [-0.25, -0.2) is 4.79 Å². The van der Waals surface area contributed by atoms with Crippen molar-refractivity contribution in [1.82, 2.24) is 4.90 Å². The van der Waals surface area contributed by atoms with E-state index in [1.54, 1.807) is 4.90 Å². The van der Waals surface area contributed by atoms with E-state index >= 15 is 0 Å². The summed E-state index contributed by atoms with van der Waals surface area (Å²) in [4.78, 5) is 25.3. The molecule has 0 bridgehead atoms. The van der Waals surface area contributed by atoms with E-state index in [2.05, 4.69) is 4.74 Å². The van der Waals surface area contributed by atoms with Gasteiger partial charge in [-0.05, 0) is 38.5 Å². The fourth-order valence-electron chi connectivity index (χ4n) is 2.28. The van der Waals surface area contributed by atoms with Gasteiger partial charge < -0.3 is 19.1 Å². The van der Waals surface area contributed by atoms with E-state index in [1.165, 1.54) is 7.11 Å². The zero-order chi connectivity index (χ0) is 17.0. The number of hydrogen-bond acceptors (Lipinski definition) is 5. The molecule has 0 saturated heterocycles. The number of hydrogen-bond donors (Lipinski definition) is 0. The molecule has 6 nitrogen and oxygen atoms in total. The van der Waals surface area contributed by atoms with Crippen LogP contribution in [0.25, 0.3) is 0 Å².